The molecule has 0 aromatic heterocycles. The topological polar surface area (TPSA) is 237 Å². The van der Waals surface area contributed by atoms with E-state index in [0.29, 0.717) is 38.5 Å². The Morgan fingerprint density at radius 2 is 0.500 bits per heavy atom. The first-order valence-corrected chi connectivity index (χ1v) is 44.7. The Hall–Kier alpha value is -6.10. The highest BCUT2D eigenvalue weighted by Crippen LogP contribution is 2.45. The number of phosphoric acid groups is 2. The molecule has 0 saturated heterocycles. The fraction of sp³-hybridized carbons (Fsp3) is 0.604. The molecule has 5 unspecified atom stereocenters. The van der Waals surface area contributed by atoms with E-state index in [1.54, 1.807) is 0 Å². The van der Waals surface area contributed by atoms with Crippen molar-refractivity contribution in [3.8, 4) is 0 Å². The van der Waals surface area contributed by atoms with Gasteiger partial charge in [-0.3, -0.25) is 37.3 Å². The van der Waals surface area contributed by atoms with Crippen LogP contribution in [0.15, 0.2) is 194 Å². The molecule has 0 aliphatic carbocycles. The Morgan fingerprint density at radius 1 is 0.264 bits per heavy atom. The van der Waals surface area contributed by atoms with E-state index in [0.717, 1.165) is 167 Å². The number of esters is 4. The second-order valence-corrected chi connectivity index (χ2v) is 29.8. The van der Waals surface area contributed by atoms with Crippen molar-refractivity contribution < 1.29 is 80.2 Å². The van der Waals surface area contributed by atoms with Crippen LogP contribution in [0, 0.1) is 0 Å². The van der Waals surface area contributed by atoms with Crippen molar-refractivity contribution >= 4 is 39.5 Å². The van der Waals surface area contributed by atoms with Gasteiger partial charge < -0.3 is 33.8 Å². The Balaban J connectivity index is 5.52. The number of hydrogen-bond donors (Lipinski definition) is 3. The number of phosphoric ester groups is 2. The van der Waals surface area contributed by atoms with Gasteiger partial charge in [-0.05, 0) is 167 Å². The number of aliphatic hydroxyl groups is 1. The normalized spacial score (nSPS) is 14.8. The summed E-state index contributed by atoms with van der Waals surface area (Å²) < 4.78 is 68.6. The summed E-state index contributed by atoms with van der Waals surface area (Å²) in [6, 6.07) is 0. The number of allylic oxidation sites excluding steroid dienone is 32. The molecule has 622 valence electrons. The minimum Gasteiger partial charge on any atom is -0.462 e. The van der Waals surface area contributed by atoms with Gasteiger partial charge in [0.2, 0.25) is 0 Å². The lowest BCUT2D eigenvalue weighted by atomic mass is 10.1. The molecule has 17 nitrogen and oxygen atoms in total. The van der Waals surface area contributed by atoms with E-state index in [9.17, 15) is 43.2 Å². The summed E-state index contributed by atoms with van der Waals surface area (Å²) in [7, 11) is -10.0. The van der Waals surface area contributed by atoms with Crippen LogP contribution in [0.2, 0.25) is 0 Å². The van der Waals surface area contributed by atoms with Gasteiger partial charge in [-0.2, -0.15) is 0 Å². The third kappa shape index (κ3) is 80.0. The summed E-state index contributed by atoms with van der Waals surface area (Å²) in [6.45, 7) is 4.34. The van der Waals surface area contributed by atoms with Crippen LogP contribution in [-0.2, 0) is 65.4 Å². The van der Waals surface area contributed by atoms with E-state index in [1.807, 2.05) is 30.4 Å². The standard InChI is InChI=1S/C91H146O17P2/c1-5-9-13-17-21-25-29-33-37-40-42-45-48-51-55-59-63-67-71-75-88(93)101-81-86(107-90(95)77-73-69-65-61-57-53-47-36-32-28-24-20-16-12-8-4)83-105-109(97,98)103-79-85(92)80-104-110(99,100)106-84-87(108-91(96)78-74-70-66-62-58-54-50-44-39-35-31-27-23-19-15-11-7-3)82-102-89(94)76-72-68-64-60-56-52-49-46-43-41-38-34-30-26-22-18-14-10-6-2/h9-11,13-15,21-23,25-27,33-39,42-43,45-47,50-51,54-55,62-63,66-67,85-87,92H,5-8,12,16-20,24,28-32,40-41,44,48-49,52-53,56-61,64-65,68-84H2,1-4H3,(H,97,98)(H,99,100)/b13-9-,14-10-,15-11-,25-21-,26-22-,27-23-,37-33-,38-34-,39-35-,45-42-,46-43-,47-36-,54-50-,55-51-,66-62-,67-63-. The van der Waals surface area contributed by atoms with Crippen LogP contribution in [0.4, 0.5) is 0 Å². The molecule has 0 bridgehead atoms. The molecular formula is C91H146O17P2. The molecule has 5 atom stereocenters. The zero-order chi connectivity index (χ0) is 80.3. The number of hydrogen-bond acceptors (Lipinski definition) is 15. The molecule has 3 N–H and O–H groups in total. The van der Waals surface area contributed by atoms with Crippen molar-refractivity contribution in [2.75, 3.05) is 39.6 Å². The summed E-state index contributed by atoms with van der Waals surface area (Å²) in [5.74, 6) is -2.38. The van der Waals surface area contributed by atoms with Crippen molar-refractivity contribution in [1.82, 2.24) is 0 Å². The minimum atomic E-state index is -5.02. The fourth-order valence-corrected chi connectivity index (χ4v) is 11.9. The Kier molecular flexibility index (Phi) is 76.4. The van der Waals surface area contributed by atoms with E-state index < -0.39 is 97.5 Å². The summed E-state index contributed by atoms with van der Waals surface area (Å²) >= 11 is 0. The van der Waals surface area contributed by atoms with Crippen LogP contribution in [0.5, 0.6) is 0 Å². The molecule has 0 aliphatic rings. The van der Waals surface area contributed by atoms with Crippen LogP contribution in [0.1, 0.15) is 297 Å². The fourth-order valence-electron chi connectivity index (χ4n) is 10.3. The number of carbonyl (C=O) groups excluding carboxylic acids is 4. The average Bonchev–Trinajstić information content (AvgIpc) is 0.899. The van der Waals surface area contributed by atoms with Crippen LogP contribution >= 0.6 is 15.6 Å². The summed E-state index contributed by atoms with van der Waals surface area (Å²) in [4.78, 5) is 73.2. The third-order valence-corrected chi connectivity index (χ3v) is 18.4. The summed E-state index contributed by atoms with van der Waals surface area (Å²) in [5.41, 5.74) is 0. The number of rotatable bonds is 76. The van der Waals surface area contributed by atoms with Crippen LogP contribution < -0.4 is 0 Å². The third-order valence-electron chi connectivity index (χ3n) is 16.5. The van der Waals surface area contributed by atoms with Gasteiger partial charge in [0.05, 0.1) is 26.4 Å². The lowest BCUT2D eigenvalue weighted by molar-refractivity contribution is -0.161. The second kappa shape index (κ2) is 80.9. The van der Waals surface area contributed by atoms with Gasteiger partial charge in [0.15, 0.2) is 12.2 Å². The van der Waals surface area contributed by atoms with E-state index >= 15 is 0 Å². The van der Waals surface area contributed by atoms with Crippen LogP contribution in [0.25, 0.3) is 0 Å². The quantitative estimate of drug-likeness (QED) is 0.0169. The first-order chi connectivity index (χ1) is 53.7. The minimum absolute atomic E-state index is 0.00380. The van der Waals surface area contributed by atoms with Gasteiger partial charge in [0, 0.05) is 25.7 Å². The maximum absolute atomic E-state index is 13.1. The molecule has 0 aliphatic heterocycles. The average molecular weight is 1570 g/mol. The zero-order valence-electron chi connectivity index (χ0n) is 68.1. The van der Waals surface area contributed by atoms with Gasteiger partial charge in [-0.25, -0.2) is 9.13 Å². The number of aliphatic hydroxyl groups excluding tert-OH is 1. The summed E-state index contributed by atoms with van der Waals surface area (Å²) in [5, 5.41) is 10.7. The lowest BCUT2D eigenvalue weighted by Crippen LogP contribution is -2.30. The molecule has 0 aromatic rings. The van der Waals surface area contributed by atoms with E-state index in [-0.39, 0.29) is 25.7 Å². The highest BCUT2D eigenvalue weighted by Gasteiger charge is 2.30. The zero-order valence-corrected chi connectivity index (χ0v) is 69.9. The smallest absolute Gasteiger partial charge is 0.462 e. The Labute approximate surface area is 666 Å². The number of carbonyl (C=O) groups is 4. The van der Waals surface area contributed by atoms with Gasteiger partial charge in [-0.15, -0.1) is 0 Å². The number of ether oxygens (including phenoxy) is 4. The molecule has 0 rings (SSSR count). The predicted molar refractivity (Wildman–Crippen MR) is 454 cm³/mol. The van der Waals surface area contributed by atoms with Gasteiger partial charge in [-0.1, -0.05) is 299 Å². The van der Waals surface area contributed by atoms with Gasteiger partial charge in [0.1, 0.15) is 19.3 Å². The predicted octanol–water partition coefficient (Wildman–Crippen LogP) is 24.9. The van der Waals surface area contributed by atoms with Crippen LogP contribution in [-0.4, -0.2) is 96.7 Å². The van der Waals surface area contributed by atoms with Crippen molar-refractivity contribution in [1.29, 1.82) is 0 Å². The van der Waals surface area contributed by atoms with Gasteiger partial charge >= 0.3 is 39.5 Å². The molecule has 0 fully saturated rings. The van der Waals surface area contributed by atoms with Crippen molar-refractivity contribution in [2.24, 2.45) is 0 Å². The Morgan fingerprint density at radius 3 is 0.827 bits per heavy atom. The molecule has 0 radical (unpaired) electrons. The maximum Gasteiger partial charge on any atom is 0.472 e. The first kappa shape index (κ1) is 104. The van der Waals surface area contributed by atoms with E-state index in [2.05, 4.69) is 192 Å². The highest BCUT2D eigenvalue weighted by molar-refractivity contribution is 7.47. The maximum atomic E-state index is 13.1. The molecule has 19 heteroatoms. The molecule has 0 saturated carbocycles. The molecule has 0 heterocycles. The van der Waals surface area contributed by atoms with Crippen LogP contribution in [0.3, 0.4) is 0 Å². The van der Waals surface area contributed by atoms with Crippen molar-refractivity contribution in [3.05, 3.63) is 194 Å². The van der Waals surface area contributed by atoms with Crippen molar-refractivity contribution in [3.63, 3.8) is 0 Å². The highest BCUT2D eigenvalue weighted by atomic mass is 31.2. The van der Waals surface area contributed by atoms with Gasteiger partial charge in [0.25, 0.3) is 0 Å². The SMILES string of the molecule is CC/C=C\C/C=C\C/C=C\C/C=C\C/C=C\C/C=C\CCC(=O)OCC(COP(=O)(O)OCC(O)COP(=O)(O)OCC(COC(=O)CCCCCCCC/C=C\C/C=C\C/C=C\C/C=C\CC)OC(=O)CCC/C=C\C/C=C\C/C=C\C/C=C\C/C=C\CC)OC(=O)CCCCCCC/C=C\CCCCCCCC. The lowest BCUT2D eigenvalue weighted by Gasteiger charge is -2.21. The van der Waals surface area contributed by atoms with Crippen molar-refractivity contribution in [2.45, 2.75) is 316 Å². The number of unbranched alkanes of at least 4 members (excludes halogenated alkanes) is 18. The largest absolute Gasteiger partial charge is 0.472 e. The molecule has 110 heavy (non-hydrogen) atoms. The Bertz CT molecular complexity index is 2850. The molecular weight excluding hydrogens is 1430 g/mol. The first-order valence-electron chi connectivity index (χ1n) is 41.7. The second-order valence-electron chi connectivity index (χ2n) is 26.9. The summed E-state index contributed by atoms with van der Waals surface area (Å²) in [6.07, 6.45) is 99.9. The van der Waals surface area contributed by atoms with E-state index in [4.69, 9.17) is 37.0 Å². The molecule has 0 amide bonds. The van der Waals surface area contributed by atoms with E-state index in [1.165, 1.54) is 38.5 Å². The molecule has 0 aromatic carbocycles. The monoisotopic (exact) mass is 1570 g/mol. The molecule has 0 spiro atoms.